The van der Waals surface area contributed by atoms with Crippen LogP contribution in [0.25, 0.3) is 0 Å². The highest BCUT2D eigenvalue weighted by Gasteiger charge is 2.22. The van der Waals surface area contributed by atoms with E-state index < -0.39 is 0 Å². The highest BCUT2D eigenvalue weighted by Crippen LogP contribution is 2.35. The molecule has 0 saturated heterocycles. The monoisotopic (exact) mass is 289 g/mol. The van der Waals surface area contributed by atoms with Crippen LogP contribution in [0.4, 0.5) is 0 Å². The average molecular weight is 289 g/mol. The summed E-state index contributed by atoms with van der Waals surface area (Å²) in [6.07, 6.45) is 9.48. The summed E-state index contributed by atoms with van der Waals surface area (Å²) in [6.45, 7) is 5.48. The zero-order valence-electron chi connectivity index (χ0n) is 14.0. The molecule has 2 heteroatoms. The molecule has 0 aromatic heterocycles. The second kappa shape index (κ2) is 8.43. The third-order valence-electron chi connectivity index (χ3n) is 4.70. The molecule has 1 aliphatic carbocycles. The summed E-state index contributed by atoms with van der Waals surface area (Å²) in [6, 6.07) is 6.99. The van der Waals surface area contributed by atoms with E-state index in [1.165, 1.54) is 56.1 Å². The van der Waals surface area contributed by atoms with Crippen LogP contribution >= 0.6 is 0 Å². The van der Waals surface area contributed by atoms with Crippen molar-refractivity contribution < 1.29 is 4.74 Å². The fourth-order valence-electron chi connectivity index (χ4n) is 3.52. The van der Waals surface area contributed by atoms with Gasteiger partial charge in [-0.25, -0.2) is 0 Å². The highest BCUT2D eigenvalue weighted by atomic mass is 16.5. The number of nitrogens with one attached hydrogen (secondary N) is 1. The summed E-state index contributed by atoms with van der Waals surface area (Å²) in [4.78, 5) is 0. The molecule has 1 saturated carbocycles. The van der Waals surface area contributed by atoms with Crippen LogP contribution in [0.3, 0.4) is 0 Å². The van der Waals surface area contributed by atoms with Gasteiger partial charge in [0.05, 0.1) is 7.11 Å². The molecule has 1 unspecified atom stereocenters. The fraction of sp³-hybridized carbons (Fsp3) is 0.684. The van der Waals surface area contributed by atoms with E-state index in [1.807, 2.05) is 0 Å². The topological polar surface area (TPSA) is 21.3 Å². The van der Waals surface area contributed by atoms with Crippen LogP contribution < -0.4 is 10.1 Å². The van der Waals surface area contributed by atoms with Crippen LogP contribution in [0, 0.1) is 12.8 Å². The lowest BCUT2D eigenvalue weighted by Gasteiger charge is -2.28. The number of hydrogen-bond donors (Lipinski definition) is 1. The molecular weight excluding hydrogens is 258 g/mol. The van der Waals surface area contributed by atoms with E-state index in [2.05, 4.69) is 37.4 Å². The molecule has 118 valence electrons. The van der Waals surface area contributed by atoms with Gasteiger partial charge in [0.15, 0.2) is 0 Å². The van der Waals surface area contributed by atoms with Crippen LogP contribution in [-0.4, -0.2) is 13.7 Å². The van der Waals surface area contributed by atoms with Gasteiger partial charge in [-0.15, -0.1) is 0 Å². The van der Waals surface area contributed by atoms with Crippen molar-refractivity contribution in [2.24, 2.45) is 5.92 Å². The van der Waals surface area contributed by atoms with E-state index in [9.17, 15) is 0 Å². The largest absolute Gasteiger partial charge is 0.496 e. The molecule has 0 heterocycles. The maximum atomic E-state index is 5.61. The maximum absolute atomic E-state index is 5.61. The Morgan fingerprint density at radius 1 is 1.24 bits per heavy atom. The molecule has 1 aliphatic rings. The molecule has 0 aliphatic heterocycles. The van der Waals surface area contributed by atoms with Crippen molar-refractivity contribution in [3.63, 3.8) is 0 Å². The molecule has 1 aromatic rings. The van der Waals surface area contributed by atoms with Crippen molar-refractivity contribution in [2.45, 2.75) is 64.8 Å². The fourth-order valence-corrected chi connectivity index (χ4v) is 3.52. The van der Waals surface area contributed by atoms with Crippen molar-refractivity contribution in [2.75, 3.05) is 13.7 Å². The van der Waals surface area contributed by atoms with Gasteiger partial charge in [0.1, 0.15) is 5.75 Å². The third-order valence-corrected chi connectivity index (χ3v) is 4.70. The Bertz CT molecular complexity index is 424. The molecule has 1 aromatic carbocycles. The molecule has 0 amide bonds. The minimum absolute atomic E-state index is 0.433. The molecule has 2 nitrogen and oxygen atoms in total. The standard InChI is InChI=1S/C19H31NO/c1-4-12-20-18(14-16-8-6-5-7-9-16)17-13-15(2)10-11-19(17)21-3/h10-11,13,16,18,20H,4-9,12,14H2,1-3H3. The minimum atomic E-state index is 0.433. The van der Waals surface area contributed by atoms with Crippen LogP contribution in [-0.2, 0) is 0 Å². The van der Waals surface area contributed by atoms with Gasteiger partial charge in [0, 0.05) is 11.6 Å². The third kappa shape index (κ3) is 4.74. The summed E-state index contributed by atoms with van der Waals surface area (Å²) < 4.78 is 5.61. The quantitative estimate of drug-likeness (QED) is 0.761. The lowest BCUT2D eigenvalue weighted by Crippen LogP contribution is -2.26. The van der Waals surface area contributed by atoms with E-state index in [0.717, 1.165) is 18.2 Å². The molecule has 0 spiro atoms. The summed E-state index contributed by atoms with van der Waals surface area (Å²) in [5.41, 5.74) is 2.66. The van der Waals surface area contributed by atoms with Gasteiger partial charge in [-0.3, -0.25) is 0 Å². The zero-order chi connectivity index (χ0) is 15.1. The molecule has 0 bridgehead atoms. The first-order valence-corrected chi connectivity index (χ1v) is 8.62. The molecule has 21 heavy (non-hydrogen) atoms. The first kappa shape index (κ1) is 16.4. The summed E-state index contributed by atoms with van der Waals surface area (Å²) in [5, 5.41) is 3.75. The van der Waals surface area contributed by atoms with Crippen molar-refractivity contribution in [3.8, 4) is 5.75 Å². The maximum Gasteiger partial charge on any atom is 0.123 e. The Kier molecular flexibility index (Phi) is 6.56. The Balaban J connectivity index is 2.15. The van der Waals surface area contributed by atoms with Crippen LogP contribution in [0.15, 0.2) is 18.2 Å². The Hall–Kier alpha value is -1.02. The van der Waals surface area contributed by atoms with Crippen molar-refractivity contribution >= 4 is 0 Å². The molecule has 2 rings (SSSR count). The SMILES string of the molecule is CCCNC(CC1CCCCC1)c1cc(C)ccc1OC. The van der Waals surface area contributed by atoms with E-state index in [0.29, 0.717) is 6.04 Å². The van der Waals surface area contributed by atoms with E-state index in [1.54, 1.807) is 7.11 Å². The Morgan fingerprint density at radius 3 is 2.67 bits per heavy atom. The summed E-state index contributed by atoms with van der Waals surface area (Å²) in [5.74, 6) is 1.91. The Labute approximate surface area is 130 Å². The lowest BCUT2D eigenvalue weighted by molar-refractivity contribution is 0.295. The number of hydrogen-bond acceptors (Lipinski definition) is 2. The second-order valence-electron chi connectivity index (χ2n) is 6.49. The second-order valence-corrected chi connectivity index (χ2v) is 6.49. The summed E-state index contributed by atoms with van der Waals surface area (Å²) >= 11 is 0. The number of rotatable bonds is 7. The van der Waals surface area contributed by atoms with Gasteiger partial charge in [-0.2, -0.15) is 0 Å². The number of ether oxygens (including phenoxy) is 1. The van der Waals surface area contributed by atoms with Gasteiger partial charge in [0.2, 0.25) is 0 Å². The molecule has 1 fully saturated rings. The zero-order valence-corrected chi connectivity index (χ0v) is 14.0. The summed E-state index contributed by atoms with van der Waals surface area (Å²) in [7, 11) is 1.78. The van der Waals surface area contributed by atoms with Gasteiger partial charge >= 0.3 is 0 Å². The molecule has 1 N–H and O–H groups in total. The molecular formula is C19H31NO. The number of aryl methyl sites for hydroxylation is 1. The van der Waals surface area contributed by atoms with Crippen molar-refractivity contribution in [1.82, 2.24) is 5.32 Å². The predicted octanol–water partition coefficient (Wildman–Crippen LogP) is 5.01. The van der Waals surface area contributed by atoms with Crippen molar-refractivity contribution in [3.05, 3.63) is 29.3 Å². The lowest BCUT2D eigenvalue weighted by atomic mass is 9.83. The molecule has 1 atom stereocenters. The minimum Gasteiger partial charge on any atom is -0.496 e. The van der Waals surface area contributed by atoms with Gasteiger partial charge in [-0.05, 0) is 38.3 Å². The normalized spacial score (nSPS) is 17.7. The smallest absolute Gasteiger partial charge is 0.123 e. The molecule has 0 radical (unpaired) electrons. The van der Waals surface area contributed by atoms with E-state index >= 15 is 0 Å². The number of benzene rings is 1. The predicted molar refractivity (Wildman–Crippen MR) is 90.0 cm³/mol. The van der Waals surface area contributed by atoms with E-state index in [-0.39, 0.29) is 0 Å². The van der Waals surface area contributed by atoms with E-state index in [4.69, 9.17) is 4.74 Å². The van der Waals surface area contributed by atoms with Crippen LogP contribution in [0.2, 0.25) is 0 Å². The van der Waals surface area contributed by atoms with Gasteiger partial charge in [0.25, 0.3) is 0 Å². The Morgan fingerprint density at radius 2 is 2.00 bits per heavy atom. The highest BCUT2D eigenvalue weighted by molar-refractivity contribution is 5.39. The van der Waals surface area contributed by atoms with Crippen molar-refractivity contribution in [1.29, 1.82) is 0 Å². The number of methoxy groups -OCH3 is 1. The first-order chi connectivity index (χ1) is 10.2. The van der Waals surface area contributed by atoms with Gasteiger partial charge in [-0.1, -0.05) is 56.7 Å². The van der Waals surface area contributed by atoms with Crippen LogP contribution in [0.1, 0.15) is 69.0 Å². The van der Waals surface area contributed by atoms with Crippen LogP contribution in [0.5, 0.6) is 5.75 Å². The van der Waals surface area contributed by atoms with Gasteiger partial charge < -0.3 is 10.1 Å². The average Bonchev–Trinajstić information content (AvgIpc) is 2.52. The first-order valence-electron chi connectivity index (χ1n) is 8.62.